The normalized spacial score (nSPS) is 25.4. The Bertz CT molecular complexity index is 423. The number of β-amino-alcohol motifs (C(OH)–C–C–N with tert-alkyl or cyclic N) is 1. The molecular formula is C14H31N3O7P-. The second-order valence-electron chi connectivity index (χ2n) is 6.58. The van der Waals surface area contributed by atoms with Crippen LogP contribution < -0.4 is 4.89 Å². The van der Waals surface area contributed by atoms with Crippen LogP contribution in [0.3, 0.4) is 0 Å². The van der Waals surface area contributed by atoms with Crippen LogP contribution in [0.25, 0.3) is 0 Å². The minimum atomic E-state index is -4.45. The summed E-state index contributed by atoms with van der Waals surface area (Å²) in [7, 11) is -4.45. The van der Waals surface area contributed by atoms with Gasteiger partial charge in [0, 0.05) is 45.8 Å². The van der Waals surface area contributed by atoms with Crippen LogP contribution in [-0.2, 0) is 4.57 Å². The van der Waals surface area contributed by atoms with Gasteiger partial charge in [-0.25, -0.2) is 0 Å². The predicted molar refractivity (Wildman–Crippen MR) is 89.9 cm³/mol. The van der Waals surface area contributed by atoms with E-state index in [4.69, 9.17) is 4.89 Å². The van der Waals surface area contributed by atoms with Crippen molar-refractivity contribution in [2.45, 2.75) is 25.2 Å². The van der Waals surface area contributed by atoms with Gasteiger partial charge in [-0.2, -0.15) is 0 Å². The van der Waals surface area contributed by atoms with Crippen molar-refractivity contribution in [3.05, 3.63) is 0 Å². The van der Waals surface area contributed by atoms with Crippen molar-refractivity contribution < 1.29 is 34.8 Å². The fourth-order valence-electron chi connectivity index (χ4n) is 3.04. The summed E-state index contributed by atoms with van der Waals surface area (Å²) in [5.74, 6) is 0. The maximum absolute atomic E-state index is 11.2. The van der Waals surface area contributed by atoms with Gasteiger partial charge in [0.25, 0.3) is 0 Å². The van der Waals surface area contributed by atoms with Crippen LogP contribution in [-0.4, -0.2) is 124 Å². The lowest BCUT2D eigenvalue weighted by atomic mass is 10.1. The van der Waals surface area contributed by atoms with Crippen LogP contribution in [0.2, 0.25) is 0 Å². The third-order valence-corrected chi connectivity index (χ3v) is 5.09. The quantitative estimate of drug-likeness (QED) is 0.267. The average molecular weight is 384 g/mol. The molecule has 1 unspecified atom stereocenters. The van der Waals surface area contributed by atoms with Crippen LogP contribution in [0.15, 0.2) is 0 Å². The molecule has 0 amide bonds. The Morgan fingerprint density at radius 3 is 2.00 bits per heavy atom. The zero-order valence-electron chi connectivity index (χ0n) is 14.6. The second kappa shape index (κ2) is 10.9. The van der Waals surface area contributed by atoms with Gasteiger partial charge in [0.2, 0.25) is 0 Å². The molecule has 0 aliphatic carbocycles. The zero-order valence-corrected chi connectivity index (χ0v) is 15.5. The van der Waals surface area contributed by atoms with Gasteiger partial charge < -0.3 is 34.8 Å². The highest BCUT2D eigenvalue weighted by Gasteiger charge is 2.27. The molecule has 0 aromatic carbocycles. The van der Waals surface area contributed by atoms with E-state index >= 15 is 0 Å². The topological polar surface area (TPSA) is 151 Å². The molecule has 0 aromatic heterocycles. The van der Waals surface area contributed by atoms with E-state index in [1.54, 1.807) is 16.7 Å². The first kappa shape index (κ1) is 22.9. The summed E-state index contributed by atoms with van der Waals surface area (Å²) in [5, 5.41) is 38.3. The van der Waals surface area contributed by atoms with Crippen molar-refractivity contribution in [1.29, 1.82) is 0 Å². The van der Waals surface area contributed by atoms with Gasteiger partial charge in [0.05, 0.1) is 37.7 Å². The molecule has 4 atom stereocenters. The van der Waals surface area contributed by atoms with Crippen LogP contribution in [0.4, 0.5) is 0 Å². The standard InChI is InChI=1S/C14H32N3O7P/c1-12(20)8-15-2-3-16(11-25(22,23)24)5-7-17(6-4-15)13(9-18)14(21)10-19/h12-14,18-21H,2-11H2,1H3,(H2,22,23,24)/p-1/t12-,13+,14+/m0/s1. The summed E-state index contributed by atoms with van der Waals surface area (Å²) in [5.41, 5.74) is 0. The van der Waals surface area contributed by atoms with Crippen molar-refractivity contribution >= 4 is 7.60 Å². The SMILES string of the molecule is C[C@H](O)CN1CCN(CP(=O)([O-])O)CCN([C@H](CO)[C@H](O)CO)CC1. The van der Waals surface area contributed by atoms with E-state index in [1.807, 2.05) is 4.90 Å². The summed E-state index contributed by atoms with van der Waals surface area (Å²) in [6, 6.07) is -0.675. The van der Waals surface area contributed by atoms with Crippen LogP contribution in [0.5, 0.6) is 0 Å². The minimum Gasteiger partial charge on any atom is -0.778 e. The van der Waals surface area contributed by atoms with Crippen LogP contribution in [0.1, 0.15) is 6.92 Å². The van der Waals surface area contributed by atoms with Gasteiger partial charge in [-0.1, -0.05) is 0 Å². The first-order valence-electron chi connectivity index (χ1n) is 8.45. The van der Waals surface area contributed by atoms with Crippen molar-refractivity contribution in [2.24, 2.45) is 0 Å². The lowest BCUT2D eigenvalue weighted by molar-refractivity contribution is -0.195. The number of rotatable bonds is 8. The van der Waals surface area contributed by atoms with Crippen LogP contribution >= 0.6 is 7.60 Å². The molecule has 1 saturated heterocycles. The summed E-state index contributed by atoms with van der Waals surface area (Å²) in [6.45, 7) is 3.88. The Balaban J connectivity index is 2.88. The van der Waals surface area contributed by atoms with Gasteiger partial charge in [-0.15, -0.1) is 0 Å². The molecule has 1 rings (SSSR count). The molecule has 1 heterocycles. The minimum absolute atomic E-state index is 0.323. The van der Waals surface area contributed by atoms with Crippen molar-refractivity contribution in [3.63, 3.8) is 0 Å². The number of aliphatic hydroxyl groups excluding tert-OH is 4. The maximum Gasteiger partial charge on any atom is 0.146 e. The van der Waals surface area contributed by atoms with Crippen molar-refractivity contribution in [2.75, 3.05) is 65.3 Å². The lowest BCUT2D eigenvalue weighted by Gasteiger charge is -2.34. The molecule has 0 radical (unpaired) electrons. The summed E-state index contributed by atoms with van der Waals surface area (Å²) in [6.07, 6.45) is -2.15. The van der Waals surface area contributed by atoms with Gasteiger partial charge >= 0.3 is 0 Å². The fraction of sp³-hybridized carbons (Fsp3) is 1.00. The molecule has 1 aliphatic heterocycles. The summed E-state index contributed by atoms with van der Waals surface area (Å²) >= 11 is 0. The zero-order chi connectivity index (χ0) is 19.0. The Morgan fingerprint density at radius 2 is 1.52 bits per heavy atom. The molecule has 1 aliphatic rings. The molecule has 25 heavy (non-hydrogen) atoms. The number of nitrogens with zero attached hydrogens (tertiary/aromatic N) is 3. The Labute approximate surface area is 148 Å². The van der Waals surface area contributed by atoms with Gasteiger partial charge in [0.1, 0.15) is 7.60 Å². The second-order valence-corrected chi connectivity index (χ2v) is 8.14. The Kier molecular flexibility index (Phi) is 9.97. The third kappa shape index (κ3) is 8.87. The highest BCUT2D eigenvalue weighted by atomic mass is 31.2. The van der Waals surface area contributed by atoms with Crippen molar-refractivity contribution in [3.8, 4) is 0 Å². The molecule has 0 spiro atoms. The van der Waals surface area contributed by atoms with E-state index in [0.717, 1.165) is 0 Å². The van der Waals surface area contributed by atoms with Gasteiger partial charge in [0.15, 0.2) is 0 Å². The third-order valence-electron chi connectivity index (χ3n) is 4.33. The van der Waals surface area contributed by atoms with Gasteiger partial charge in [-0.05, 0) is 6.92 Å². The molecule has 0 aromatic rings. The van der Waals surface area contributed by atoms with Crippen LogP contribution in [0, 0.1) is 0 Å². The predicted octanol–water partition coefficient (Wildman–Crippen LogP) is -3.50. The maximum atomic E-state index is 11.2. The summed E-state index contributed by atoms with van der Waals surface area (Å²) in [4.78, 5) is 25.7. The van der Waals surface area contributed by atoms with E-state index in [2.05, 4.69) is 0 Å². The first-order valence-corrected chi connectivity index (χ1v) is 10.2. The first-order chi connectivity index (χ1) is 11.7. The van der Waals surface area contributed by atoms with E-state index in [9.17, 15) is 29.9 Å². The van der Waals surface area contributed by atoms with Crippen molar-refractivity contribution in [1.82, 2.24) is 14.7 Å². The molecule has 0 saturated carbocycles. The lowest BCUT2D eigenvalue weighted by Crippen LogP contribution is -2.51. The smallest absolute Gasteiger partial charge is 0.146 e. The highest BCUT2D eigenvalue weighted by Crippen LogP contribution is 2.29. The van der Waals surface area contributed by atoms with Gasteiger partial charge in [-0.3, -0.25) is 14.7 Å². The summed E-state index contributed by atoms with van der Waals surface area (Å²) < 4.78 is 11.2. The van der Waals surface area contributed by atoms with E-state index in [0.29, 0.717) is 45.8 Å². The average Bonchev–Trinajstić information content (AvgIpc) is 2.59. The molecule has 10 nitrogen and oxygen atoms in total. The molecule has 0 bridgehead atoms. The number of hydrogen-bond donors (Lipinski definition) is 5. The molecular weight excluding hydrogens is 353 g/mol. The fourth-order valence-corrected chi connectivity index (χ4v) is 3.83. The molecule has 150 valence electrons. The number of aliphatic hydroxyl groups is 4. The van der Waals surface area contributed by atoms with E-state index in [-0.39, 0.29) is 6.61 Å². The van der Waals surface area contributed by atoms with E-state index in [1.165, 1.54) is 0 Å². The highest BCUT2D eigenvalue weighted by molar-refractivity contribution is 7.50. The Hall–Kier alpha value is -0.130. The number of hydrogen-bond acceptors (Lipinski definition) is 9. The van der Waals surface area contributed by atoms with E-state index < -0.39 is 38.7 Å². The Morgan fingerprint density at radius 1 is 1.00 bits per heavy atom. The largest absolute Gasteiger partial charge is 0.778 e. The molecule has 11 heteroatoms. The molecule has 1 fully saturated rings. The molecule has 5 N–H and O–H groups in total. The monoisotopic (exact) mass is 384 g/mol.